The molecule has 0 aliphatic heterocycles. The molecular formula is C17H14BrClN2O2. The largest absolute Gasteiger partial charge is 0.505 e. The molecule has 0 spiro atoms. The third kappa shape index (κ3) is 3.46. The van der Waals surface area contributed by atoms with Gasteiger partial charge in [0.1, 0.15) is 5.52 Å². The van der Waals surface area contributed by atoms with E-state index in [4.69, 9.17) is 11.6 Å². The second-order valence-electron chi connectivity index (χ2n) is 4.62. The van der Waals surface area contributed by atoms with Crippen molar-refractivity contribution in [2.75, 3.05) is 5.32 Å². The fraction of sp³-hybridized carbons (Fsp3) is 0.0588. The van der Waals surface area contributed by atoms with Crippen LogP contribution in [0.1, 0.15) is 17.8 Å². The van der Waals surface area contributed by atoms with Crippen LogP contribution < -0.4 is 5.32 Å². The maximum absolute atomic E-state index is 12.3. The SMILES string of the molecule is C.O=C(Nc1ccc(Br)cc1Cl)c1ccc2cccnc2c1O. The van der Waals surface area contributed by atoms with E-state index in [1.807, 2.05) is 6.07 Å². The van der Waals surface area contributed by atoms with E-state index < -0.39 is 5.91 Å². The van der Waals surface area contributed by atoms with Gasteiger partial charge in [-0.1, -0.05) is 47.1 Å². The predicted molar refractivity (Wildman–Crippen MR) is 97.2 cm³/mol. The predicted octanol–water partition coefficient (Wildman–Crippen LogP) is 5.24. The Morgan fingerprint density at radius 3 is 2.74 bits per heavy atom. The molecule has 3 aromatic rings. The summed E-state index contributed by atoms with van der Waals surface area (Å²) >= 11 is 9.38. The fourth-order valence-electron chi connectivity index (χ4n) is 2.09. The minimum Gasteiger partial charge on any atom is -0.505 e. The third-order valence-corrected chi connectivity index (χ3v) is 3.98. The first-order valence-electron chi connectivity index (χ1n) is 6.39. The molecule has 2 N–H and O–H groups in total. The second kappa shape index (κ2) is 6.98. The number of amides is 1. The van der Waals surface area contributed by atoms with Crippen molar-refractivity contribution in [2.24, 2.45) is 0 Å². The number of phenolic OH excluding ortho intramolecular Hbond substituents is 1. The van der Waals surface area contributed by atoms with Crippen LogP contribution in [-0.2, 0) is 0 Å². The van der Waals surface area contributed by atoms with E-state index in [2.05, 4.69) is 26.2 Å². The zero-order chi connectivity index (χ0) is 15.7. The summed E-state index contributed by atoms with van der Waals surface area (Å²) in [4.78, 5) is 16.4. The Labute approximate surface area is 147 Å². The number of pyridine rings is 1. The molecule has 0 saturated carbocycles. The highest BCUT2D eigenvalue weighted by molar-refractivity contribution is 9.10. The molecule has 0 radical (unpaired) electrons. The average Bonchev–Trinajstić information content (AvgIpc) is 2.50. The normalized spacial score (nSPS) is 10.2. The number of phenols is 1. The Morgan fingerprint density at radius 2 is 2.00 bits per heavy atom. The molecule has 6 heteroatoms. The van der Waals surface area contributed by atoms with Gasteiger partial charge in [-0.05, 0) is 30.3 Å². The smallest absolute Gasteiger partial charge is 0.259 e. The fourth-order valence-corrected chi connectivity index (χ4v) is 2.81. The van der Waals surface area contributed by atoms with Crippen LogP contribution in [0.2, 0.25) is 5.02 Å². The van der Waals surface area contributed by atoms with Gasteiger partial charge in [-0.2, -0.15) is 0 Å². The van der Waals surface area contributed by atoms with E-state index in [9.17, 15) is 9.90 Å². The number of nitrogens with one attached hydrogen (secondary N) is 1. The number of rotatable bonds is 2. The lowest BCUT2D eigenvalue weighted by molar-refractivity contribution is 0.102. The van der Waals surface area contributed by atoms with Crippen molar-refractivity contribution in [3.63, 3.8) is 0 Å². The van der Waals surface area contributed by atoms with Gasteiger partial charge in [0.15, 0.2) is 5.75 Å². The molecule has 0 bridgehead atoms. The first-order chi connectivity index (χ1) is 10.6. The highest BCUT2D eigenvalue weighted by atomic mass is 79.9. The van der Waals surface area contributed by atoms with Crippen LogP contribution in [0.3, 0.4) is 0 Å². The summed E-state index contributed by atoms with van der Waals surface area (Å²) in [5.74, 6) is -0.599. The van der Waals surface area contributed by atoms with Crippen LogP contribution in [0.5, 0.6) is 5.75 Å². The van der Waals surface area contributed by atoms with Gasteiger partial charge in [-0.15, -0.1) is 0 Å². The number of carbonyl (C=O) groups is 1. The van der Waals surface area contributed by atoms with Crippen LogP contribution in [0.4, 0.5) is 5.69 Å². The number of aromatic nitrogens is 1. The van der Waals surface area contributed by atoms with Gasteiger partial charge in [0.25, 0.3) is 5.91 Å². The molecule has 3 rings (SSSR count). The standard InChI is InChI=1S/C16H10BrClN2O2.CH4/c17-10-4-6-13(12(18)8-10)20-16(22)11-5-3-9-2-1-7-19-14(9)15(11)21;/h1-8,21H,(H,20,22);1H4. The highest BCUT2D eigenvalue weighted by Gasteiger charge is 2.15. The molecular weight excluding hydrogens is 380 g/mol. The van der Waals surface area contributed by atoms with Crippen molar-refractivity contribution in [3.8, 4) is 5.75 Å². The number of benzene rings is 2. The zero-order valence-electron chi connectivity index (χ0n) is 11.2. The van der Waals surface area contributed by atoms with Crippen LogP contribution in [0, 0.1) is 0 Å². The Bertz CT molecular complexity index is 884. The molecule has 118 valence electrons. The van der Waals surface area contributed by atoms with Crippen molar-refractivity contribution in [3.05, 3.63) is 63.7 Å². The van der Waals surface area contributed by atoms with Gasteiger partial charge in [0, 0.05) is 16.1 Å². The summed E-state index contributed by atoms with van der Waals surface area (Å²) in [7, 11) is 0. The first kappa shape index (κ1) is 17.2. The number of fused-ring (bicyclic) bond motifs is 1. The van der Waals surface area contributed by atoms with E-state index in [1.54, 1.807) is 42.6 Å². The number of anilines is 1. The lowest BCUT2D eigenvalue weighted by Gasteiger charge is -2.10. The van der Waals surface area contributed by atoms with Gasteiger partial charge in [-0.25, -0.2) is 0 Å². The number of halogens is 2. The van der Waals surface area contributed by atoms with E-state index in [-0.39, 0.29) is 18.7 Å². The number of hydrogen-bond donors (Lipinski definition) is 2. The summed E-state index contributed by atoms with van der Waals surface area (Å²) < 4.78 is 0.813. The molecule has 4 nitrogen and oxygen atoms in total. The average molecular weight is 394 g/mol. The number of hydrogen-bond acceptors (Lipinski definition) is 3. The molecule has 0 atom stereocenters. The van der Waals surface area contributed by atoms with Crippen LogP contribution in [-0.4, -0.2) is 16.0 Å². The molecule has 0 unspecified atom stereocenters. The number of nitrogens with zero attached hydrogens (tertiary/aromatic N) is 1. The lowest BCUT2D eigenvalue weighted by Crippen LogP contribution is -2.12. The molecule has 1 aromatic heterocycles. The lowest BCUT2D eigenvalue weighted by atomic mass is 10.1. The van der Waals surface area contributed by atoms with Gasteiger partial charge >= 0.3 is 0 Å². The summed E-state index contributed by atoms with van der Waals surface area (Å²) in [6, 6.07) is 12.0. The minimum atomic E-state index is -0.450. The summed E-state index contributed by atoms with van der Waals surface area (Å²) in [5, 5.41) is 14.1. The Morgan fingerprint density at radius 1 is 1.22 bits per heavy atom. The number of aromatic hydroxyl groups is 1. The highest BCUT2D eigenvalue weighted by Crippen LogP contribution is 2.29. The van der Waals surface area contributed by atoms with Crippen LogP contribution in [0.25, 0.3) is 10.9 Å². The molecule has 0 aliphatic carbocycles. The van der Waals surface area contributed by atoms with Crippen LogP contribution >= 0.6 is 27.5 Å². The van der Waals surface area contributed by atoms with Gasteiger partial charge in [0.05, 0.1) is 16.3 Å². The van der Waals surface area contributed by atoms with Crippen molar-refractivity contribution in [2.45, 2.75) is 7.43 Å². The van der Waals surface area contributed by atoms with Crippen LogP contribution in [0.15, 0.2) is 53.1 Å². The molecule has 1 heterocycles. The Balaban J connectivity index is 0.00000192. The topological polar surface area (TPSA) is 62.2 Å². The van der Waals surface area contributed by atoms with Gasteiger partial charge in [0.2, 0.25) is 0 Å². The van der Waals surface area contributed by atoms with Gasteiger partial charge in [-0.3, -0.25) is 9.78 Å². The minimum absolute atomic E-state index is 0. The van der Waals surface area contributed by atoms with E-state index in [0.29, 0.717) is 16.2 Å². The second-order valence-corrected chi connectivity index (χ2v) is 5.94. The van der Waals surface area contributed by atoms with Crippen molar-refractivity contribution >= 4 is 50.0 Å². The van der Waals surface area contributed by atoms with E-state index in [1.165, 1.54) is 0 Å². The Kier molecular flexibility index (Phi) is 5.23. The summed E-state index contributed by atoms with van der Waals surface area (Å²) in [5.41, 5.74) is 0.998. The zero-order valence-corrected chi connectivity index (χ0v) is 13.5. The number of carbonyl (C=O) groups excluding carboxylic acids is 1. The maximum Gasteiger partial charge on any atom is 0.259 e. The van der Waals surface area contributed by atoms with Gasteiger partial charge < -0.3 is 10.4 Å². The maximum atomic E-state index is 12.3. The van der Waals surface area contributed by atoms with Crippen molar-refractivity contribution in [1.29, 1.82) is 0 Å². The molecule has 0 aliphatic rings. The summed E-state index contributed by atoms with van der Waals surface area (Å²) in [6.07, 6.45) is 1.56. The molecule has 1 amide bonds. The third-order valence-electron chi connectivity index (χ3n) is 3.17. The first-order valence-corrected chi connectivity index (χ1v) is 7.56. The Hall–Kier alpha value is -2.11. The van der Waals surface area contributed by atoms with E-state index in [0.717, 1.165) is 9.86 Å². The van der Waals surface area contributed by atoms with E-state index >= 15 is 0 Å². The van der Waals surface area contributed by atoms with Crippen molar-refractivity contribution in [1.82, 2.24) is 4.98 Å². The quantitative estimate of drug-likeness (QED) is 0.625. The molecule has 0 fully saturated rings. The van der Waals surface area contributed by atoms with Crippen molar-refractivity contribution < 1.29 is 9.90 Å². The molecule has 0 saturated heterocycles. The monoisotopic (exact) mass is 392 g/mol. The molecule has 2 aromatic carbocycles. The molecule has 23 heavy (non-hydrogen) atoms. The summed E-state index contributed by atoms with van der Waals surface area (Å²) in [6.45, 7) is 0.